The summed E-state index contributed by atoms with van der Waals surface area (Å²) in [6.45, 7) is 10.5. The highest BCUT2D eigenvalue weighted by Crippen LogP contribution is 2.19. The quantitative estimate of drug-likeness (QED) is 0.683. The molecule has 1 rings (SSSR count). The van der Waals surface area contributed by atoms with Crippen molar-refractivity contribution in [1.29, 1.82) is 0 Å². The van der Waals surface area contributed by atoms with Gasteiger partial charge in [0.1, 0.15) is 6.04 Å². The number of unbranched alkanes of at least 4 members (excludes halogenated alkanes) is 1. The van der Waals surface area contributed by atoms with E-state index in [4.69, 9.17) is 0 Å². The van der Waals surface area contributed by atoms with E-state index in [0.717, 1.165) is 24.0 Å². The van der Waals surface area contributed by atoms with E-state index in [1.807, 2.05) is 27.7 Å². The molecule has 1 aromatic rings. The molecule has 0 aromatic heterocycles. The van der Waals surface area contributed by atoms with E-state index in [9.17, 15) is 9.59 Å². The lowest BCUT2D eigenvalue weighted by molar-refractivity contribution is -0.123. The maximum atomic E-state index is 12.6. The first-order valence-corrected chi connectivity index (χ1v) is 8.80. The Bertz CT molecular complexity index is 558. The number of hydrogen-bond acceptors (Lipinski definition) is 2. The monoisotopic (exact) mass is 333 g/mol. The fourth-order valence-electron chi connectivity index (χ4n) is 2.67. The van der Waals surface area contributed by atoms with Crippen molar-refractivity contribution in [2.24, 2.45) is 0 Å². The number of aryl methyl sites for hydroxylation is 2. The Labute approximate surface area is 145 Å². The van der Waals surface area contributed by atoms with Crippen LogP contribution in [0.4, 0.5) is 4.79 Å². The lowest BCUT2D eigenvalue weighted by Gasteiger charge is -2.23. The maximum Gasteiger partial charge on any atom is 0.315 e. The molecule has 24 heavy (non-hydrogen) atoms. The Kier molecular flexibility index (Phi) is 8.30. The summed E-state index contributed by atoms with van der Waals surface area (Å²) in [4.78, 5) is 24.4. The van der Waals surface area contributed by atoms with Crippen LogP contribution in [0.15, 0.2) is 18.2 Å². The zero-order valence-corrected chi connectivity index (χ0v) is 15.5. The second kappa shape index (κ2) is 9.96. The number of carbonyl (C=O) groups excluding carboxylic acids is 2. The van der Waals surface area contributed by atoms with Gasteiger partial charge in [0.2, 0.25) is 5.91 Å². The molecule has 0 bridgehead atoms. The molecule has 134 valence electrons. The molecule has 0 saturated carbocycles. The molecule has 2 unspecified atom stereocenters. The molecular formula is C19H31N3O2. The van der Waals surface area contributed by atoms with Crippen LogP contribution >= 0.6 is 0 Å². The molecule has 0 saturated heterocycles. The zero-order chi connectivity index (χ0) is 18.1. The van der Waals surface area contributed by atoms with Gasteiger partial charge >= 0.3 is 6.03 Å². The van der Waals surface area contributed by atoms with Crippen LogP contribution in [0.5, 0.6) is 0 Å². The fourth-order valence-corrected chi connectivity index (χ4v) is 2.67. The van der Waals surface area contributed by atoms with Gasteiger partial charge in [-0.2, -0.15) is 0 Å². The van der Waals surface area contributed by atoms with E-state index in [2.05, 4.69) is 41.1 Å². The van der Waals surface area contributed by atoms with Gasteiger partial charge in [0, 0.05) is 6.54 Å². The Hall–Kier alpha value is -2.04. The standard InChI is InChI=1S/C19H31N3O2/c1-6-8-9-17(22-19(24)20-7-2)18(23)21-15(5)16-12-13(3)10-11-14(16)4/h10-12,15,17H,6-9H2,1-5H3,(H,21,23)(H2,20,22,24). The van der Waals surface area contributed by atoms with Gasteiger partial charge in [-0.1, -0.05) is 43.5 Å². The van der Waals surface area contributed by atoms with Gasteiger partial charge in [0.25, 0.3) is 0 Å². The van der Waals surface area contributed by atoms with Gasteiger partial charge in [-0.3, -0.25) is 4.79 Å². The first-order chi connectivity index (χ1) is 11.4. The molecule has 3 N–H and O–H groups in total. The van der Waals surface area contributed by atoms with Crippen LogP contribution in [0.25, 0.3) is 0 Å². The van der Waals surface area contributed by atoms with Crippen LogP contribution in [-0.2, 0) is 4.79 Å². The molecular weight excluding hydrogens is 302 g/mol. The van der Waals surface area contributed by atoms with E-state index in [0.29, 0.717) is 13.0 Å². The second-order valence-electron chi connectivity index (χ2n) is 6.29. The van der Waals surface area contributed by atoms with E-state index in [1.165, 1.54) is 5.56 Å². The number of carbonyl (C=O) groups is 2. The lowest BCUT2D eigenvalue weighted by atomic mass is 9.99. The van der Waals surface area contributed by atoms with Crippen LogP contribution in [0, 0.1) is 13.8 Å². The molecule has 0 radical (unpaired) electrons. The third-order valence-corrected chi connectivity index (χ3v) is 4.07. The minimum absolute atomic E-state index is 0.0995. The molecule has 1 aromatic carbocycles. The minimum Gasteiger partial charge on any atom is -0.348 e. The molecule has 5 nitrogen and oxygen atoms in total. The number of urea groups is 1. The summed E-state index contributed by atoms with van der Waals surface area (Å²) in [5.74, 6) is -0.136. The highest BCUT2D eigenvalue weighted by Gasteiger charge is 2.22. The third-order valence-electron chi connectivity index (χ3n) is 4.07. The SMILES string of the molecule is CCCCC(NC(=O)NCC)C(=O)NC(C)c1cc(C)ccc1C. The summed E-state index contributed by atoms with van der Waals surface area (Å²) >= 11 is 0. The van der Waals surface area contributed by atoms with Crippen molar-refractivity contribution in [3.8, 4) is 0 Å². The summed E-state index contributed by atoms with van der Waals surface area (Å²) in [7, 11) is 0. The number of amides is 3. The van der Waals surface area contributed by atoms with Crippen molar-refractivity contribution in [3.05, 3.63) is 34.9 Å². The summed E-state index contributed by atoms with van der Waals surface area (Å²) in [5, 5.41) is 8.49. The smallest absolute Gasteiger partial charge is 0.315 e. The van der Waals surface area contributed by atoms with Crippen LogP contribution in [0.1, 0.15) is 62.8 Å². The first kappa shape index (κ1) is 20.0. The summed E-state index contributed by atoms with van der Waals surface area (Å²) in [6.07, 6.45) is 2.51. The average molecular weight is 333 g/mol. The molecule has 5 heteroatoms. The van der Waals surface area contributed by atoms with Gasteiger partial charge in [-0.05, 0) is 45.2 Å². The molecule has 0 heterocycles. The highest BCUT2D eigenvalue weighted by molar-refractivity contribution is 5.87. The Morgan fingerprint density at radius 3 is 2.46 bits per heavy atom. The number of rotatable bonds is 8. The van der Waals surface area contributed by atoms with Crippen LogP contribution in [0.3, 0.4) is 0 Å². The number of nitrogens with one attached hydrogen (secondary N) is 3. The fraction of sp³-hybridized carbons (Fsp3) is 0.579. The van der Waals surface area contributed by atoms with Crippen molar-refractivity contribution < 1.29 is 9.59 Å². The van der Waals surface area contributed by atoms with Crippen molar-refractivity contribution >= 4 is 11.9 Å². The maximum absolute atomic E-state index is 12.6. The zero-order valence-electron chi connectivity index (χ0n) is 15.5. The summed E-state index contributed by atoms with van der Waals surface area (Å²) < 4.78 is 0. The normalized spacial score (nSPS) is 13.0. The van der Waals surface area contributed by atoms with Crippen molar-refractivity contribution in [2.45, 2.75) is 66.0 Å². The van der Waals surface area contributed by atoms with E-state index in [-0.39, 0.29) is 18.0 Å². The van der Waals surface area contributed by atoms with Gasteiger partial charge < -0.3 is 16.0 Å². The first-order valence-electron chi connectivity index (χ1n) is 8.80. The van der Waals surface area contributed by atoms with Crippen LogP contribution in [-0.4, -0.2) is 24.5 Å². The molecule has 0 aliphatic heterocycles. The number of benzene rings is 1. The predicted octanol–water partition coefficient (Wildman–Crippen LogP) is 3.36. The lowest BCUT2D eigenvalue weighted by Crippen LogP contribution is -2.50. The minimum atomic E-state index is -0.510. The van der Waals surface area contributed by atoms with Crippen molar-refractivity contribution in [3.63, 3.8) is 0 Å². The third kappa shape index (κ3) is 6.22. The highest BCUT2D eigenvalue weighted by atomic mass is 16.2. The Morgan fingerprint density at radius 1 is 1.12 bits per heavy atom. The van der Waals surface area contributed by atoms with E-state index in [1.54, 1.807) is 0 Å². The van der Waals surface area contributed by atoms with Gasteiger partial charge in [0.15, 0.2) is 0 Å². The van der Waals surface area contributed by atoms with Gasteiger partial charge in [-0.25, -0.2) is 4.79 Å². The predicted molar refractivity (Wildman–Crippen MR) is 98.0 cm³/mol. The van der Waals surface area contributed by atoms with Crippen molar-refractivity contribution in [2.75, 3.05) is 6.54 Å². The van der Waals surface area contributed by atoms with Gasteiger partial charge in [-0.15, -0.1) is 0 Å². The van der Waals surface area contributed by atoms with Crippen LogP contribution < -0.4 is 16.0 Å². The molecule has 2 atom stereocenters. The second-order valence-corrected chi connectivity index (χ2v) is 6.29. The largest absolute Gasteiger partial charge is 0.348 e. The molecule has 0 spiro atoms. The molecule has 3 amide bonds. The Morgan fingerprint density at radius 2 is 1.83 bits per heavy atom. The summed E-state index contributed by atoms with van der Waals surface area (Å²) in [5.41, 5.74) is 3.42. The summed E-state index contributed by atoms with van der Waals surface area (Å²) in [6, 6.07) is 5.32. The Balaban J connectivity index is 2.78. The molecule has 0 fully saturated rings. The van der Waals surface area contributed by atoms with Crippen molar-refractivity contribution in [1.82, 2.24) is 16.0 Å². The number of hydrogen-bond donors (Lipinski definition) is 3. The van der Waals surface area contributed by atoms with Gasteiger partial charge in [0.05, 0.1) is 6.04 Å². The molecule has 0 aliphatic carbocycles. The van der Waals surface area contributed by atoms with E-state index >= 15 is 0 Å². The van der Waals surface area contributed by atoms with Crippen LogP contribution in [0.2, 0.25) is 0 Å². The van der Waals surface area contributed by atoms with E-state index < -0.39 is 6.04 Å². The topological polar surface area (TPSA) is 70.2 Å². The molecule has 0 aliphatic rings. The average Bonchev–Trinajstić information content (AvgIpc) is 2.53.